The molecule has 2 N–H and O–H groups in total. The van der Waals surface area contributed by atoms with Crippen molar-refractivity contribution in [1.82, 2.24) is 4.90 Å². The molecule has 4 nitrogen and oxygen atoms in total. The Labute approximate surface area is 155 Å². The molecule has 0 aromatic heterocycles. The van der Waals surface area contributed by atoms with Crippen LogP contribution in [0.3, 0.4) is 0 Å². The van der Waals surface area contributed by atoms with Gasteiger partial charge in [0.25, 0.3) is 0 Å². The lowest BCUT2D eigenvalue weighted by molar-refractivity contribution is -0.00285. The van der Waals surface area contributed by atoms with Crippen molar-refractivity contribution in [2.24, 2.45) is 5.92 Å². The zero-order chi connectivity index (χ0) is 18.4. The molecule has 0 bridgehead atoms. The minimum absolute atomic E-state index is 0.0322. The van der Waals surface area contributed by atoms with Crippen LogP contribution in [0, 0.1) is 17.2 Å². The smallest absolute Gasteiger partial charge is 0.108 e. The normalized spacial score (nSPS) is 21.3. The minimum atomic E-state index is -0.707. The van der Waals surface area contributed by atoms with Crippen LogP contribution in [-0.2, 0) is 5.41 Å². The summed E-state index contributed by atoms with van der Waals surface area (Å²) >= 11 is 0. The molecule has 0 radical (unpaired) electrons. The molecule has 0 aliphatic carbocycles. The number of likely N-dealkylation sites (tertiary alicyclic amines) is 1. The highest BCUT2D eigenvalue weighted by Crippen LogP contribution is 2.35. The maximum Gasteiger partial charge on any atom is 0.108 e. The summed E-state index contributed by atoms with van der Waals surface area (Å²) in [7, 11) is 0. The Balaban J connectivity index is 1.83. The van der Waals surface area contributed by atoms with Gasteiger partial charge in [-0.1, -0.05) is 60.7 Å². The summed E-state index contributed by atoms with van der Waals surface area (Å²) in [5.74, 6) is -0.0322. The van der Waals surface area contributed by atoms with Crippen molar-refractivity contribution in [1.29, 1.82) is 5.26 Å². The van der Waals surface area contributed by atoms with Gasteiger partial charge in [0.2, 0.25) is 0 Å². The number of nitrogens with zero attached hydrogens (tertiary/aromatic N) is 2. The highest BCUT2D eigenvalue weighted by Gasteiger charge is 2.36. The van der Waals surface area contributed by atoms with E-state index in [0.717, 1.165) is 30.6 Å². The fourth-order valence-electron chi connectivity index (χ4n) is 3.87. The van der Waals surface area contributed by atoms with E-state index in [1.54, 1.807) is 0 Å². The van der Waals surface area contributed by atoms with E-state index >= 15 is 0 Å². The second-order valence-corrected chi connectivity index (χ2v) is 7.10. The van der Waals surface area contributed by atoms with Crippen molar-refractivity contribution in [3.8, 4) is 6.07 Å². The summed E-state index contributed by atoms with van der Waals surface area (Å²) in [5, 5.41) is 29.7. The Hall–Kier alpha value is -2.19. The molecule has 0 unspecified atom stereocenters. The van der Waals surface area contributed by atoms with E-state index in [-0.39, 0.29) is 12.5 Å². The van der Waals surface area contributed by atoms with Crippen LogP contribution in [0.5, 0.6) is 0 Å². The van der Waals surface area contributed by atoms with Crippen LogP contribution in [0.4, 0.5) is 0 Å². The zero-order valence-corrected chi connectivity index (χ0v) is 15.0. The number of nitriles is 1. The third-order valence-corrected chi connectivity index (χ3v) is 5.57. The molecule has 2 atom stereocenters. The van der Waals surface area contributed by atoms with Gasteiger partial charge < -0.3 is 15.1 Å². The van der Waals surface area contributed by atoms with Crippen LogP contribution >= 0.6 is 0 Å². The monoisotopic (exact) mass is 350 g/mol. The third-order valence-electron chi connectivity index (χ3n) is 5.57. The Kier molecular flexibility index (Phi) is 6.05. The zero-order valence-electron chi connectivity index (χ0n) is 15.0. The average molecular weight is 350 g/mol. The molecule has 3 rings (SSSR count). The first kappa shape index (κ1) is 18.6. The molecule has 0 spiro atoms. The molecule has 0 amide bonds. The van der Waals surface area contributed by atoms with Crippen LogP contribution in [0.15, 0.2) is 60.7 Å². The van der Waals surface area contributed by atoms with Gasteiger partial charge in [-0.2, -0.15) is 5.26 Å². The SMILES string of the molecule is N#CC(CCN1CC[C@H](CO)[C@@H](O)C1)(c1ccccc1)c1ccccc1. The fourth-order valence-corrected chi connectivity index (χ4v) is 3.87. The lowest BCUT2D eigenvalue weighted by Crippen LogP contribution is -2.46. The minimum Gasteiger partial charge on any atom is -0.396 e. The second kappa shape index (κ2) is 8.46. The number of hydrogen-bond acceptors (Lipinski definition) is 4. The van der Waals surface area contributed by atoms with Crippen LogP contribution < -0.4 is 0 Å². The highest BCUT2D eigenvalue weighted by molar-refractivity contribution is 5.45. The van der Waals surface area contributed by atoms with E-state index in [1.165, 1.54) is 0 Å². The maximum absolute atomic E-state index is 10.2. The van der Waals surface area contributed by atoms with Gasteiger partial charge in [-0.25, -0.2) is 0 Å². The summed E-state index contributed by atoms with van der Waals surface area (Å²) < 4.78 is 0. The first-order valence-corrected chi connectivity index (χ1v) is 9.23. The van der Waals surface area contributed by atoms with E-state index in [0.29, 0.717) is 13.0 Å². The number of hydrogen-bond donors (Lipinski definition) is 2. The van der Waals surface area contributed by atoms with Gasteiger partial charge in [-0.05, 0) is 30.5 Å². The molecule has 1 heterocycles. The van der Waals surface area contributed by atoms with Gasteiger partial charge in [0.15, 0.2) is 0 Å². The molecule has 136 valence electrons. The Morgan fingerprint density at radius 3 is 2.08 bits per heavy atom. The molecule has 26 heavy (non-hydrogen) atoms. The van der Waals surface area contributed by atoms with Crippen LogP contribution in [0.25, 0.3) is 0 Å². The predicted molar refractivity (Wildman–Crippen MR) is 102 cm³/mol. The van der Waals surface area contributed by atoms with Gasteiger partial charge in [0.05, 0.1) is 12.2 Å². The van der Waals surface area contributed by atoms with Gasteiger partial charge >= 0.3 is 0 Å². The van der Waals surface area contributed by atoms with Crippen molar-refractivity contribution >= 4 is 0 Å². The topological polar surface area (TPSA) is 67.5 Å². The van der Waals surface area contributed by atoms with Crippen LogP contribution in [-0.4, -0.2) is 47.5 Å². The summed E-state index contributed by atoms with van der Waals surface area (Å²) in [6.45, 7) is 2.15. The molecule has 1 fully saturated rings. The molecule has 4 heteroatoms. The Morgan fingerprint density at radius 1 is 1.04 bits per heavy atom. The van der Waals surface area contributed by atoms with Gasteiger partial charge in [-0.15, -0.1) is 0 Å². The summed E-state index contributed by atoms with van der Waals surface area (Å²) in [4.78, 5) is 2.20. The quantitative estimate of drug-likeness (QED) is 0.840. The molecule has 0 saturated carbocycles. The number of aliphatic hydroxyl groups is 2. The first-order chi connectivity index (χ1) is 12.7. The highest BCUT2D eigenvalue weighted by atomic mass is 16.3. The van der Waals surface area contributed by atoms with Gasteiger partial charge in [-0.3, -0.25) is 0 Å². The number of aliphatic hydroxyl groups excluding tert-OH is 2. The molecule has 2 aromatic rings. The fraction of sp³-hybridized carbons (Fsp3) is 0.409. The van der Waals surface area contributed by atoms with E-state index < -0.39 is 11.5 Å². The number of rotatable bonds is 6. The summed E-state index contributed by atoms with van der Waals surface area (Å²) in [5.41, 5.74) is 1.29. The van der Waals surface area contributed by atoms with Crippen molar-refractivity contribution in [2.45, 2.75) is 24.4 Å². The van der Waals surface area contributed by atoms with E-state index in [2.05, 4.69) is 11.0 Å². The van der Waals surface area contributed by atoms with E-state index in [1.807, 2.05) is 60.7 Å². The van der Waals surface area contributed by atoms with E-state index in [4.69, 9.17) is 0 Å². The lowest BCUT2D eigenvalue weighted by Gasteiger charge is -2.37. The van der Waals surface area contributed by atoms with E-state index in [9.17, 15) is 15.5 Å². The molecule has 1 aliphatic heterocycles. The molecular weight excluding hydrogens is 324 g/mol. The lowest BCUT2D eigenvalue weighted by atomic mass is 9.73. The van der Waals surface area contributed by atoms with Crippen molar-refractivity contribution in [3.63, 3.8) is 0 Å². The van der Waals surface area contributed by atoms with Crippen molar-refractivity contribution in [2.75, 3.05) is 26.2 Å². The first-order valence-electron chi connectivity index (χ1n) is 9.23. The van der Waals surface area contributed by atoms with Crippen molar-refractivity contribution in [3.05, 3.63) is 71.8 Å². The van der Waals surface area contributed by atoms with Crippen molar-refractivity contribution < 1.29 is 10.2 Å². The molecule has 2 aromatic carbocycles. The average Bonchev–Trinajstić information content (AvgIpc) is 2.70. The van der Waals surface area contributed by atoms with Crippen LogP contribution in [0.2, 0.25) is 0 Å². The van der Waals surface area contributed by atoms with Gasteiger partial charge in [0, 0.05) is 25.6 Å². The van der Waals surface area contributed by atoms with Crippen LogP contribution in [0.1, 0.15) is 24.0 Å². The number of piperidine rings is 1. The second-order valence-electron chi connectivity index (χ2n) is 7.10. The summed E-state index contributed by atoms with van der Waals surface area (Å²) in [6.07, 6.45) is 0.945. The largest absolute Gasteiger partial charge is 0.396 e. The van der Waals surface area contributed by atoms with Gasteiger partial charge in [0.1, 0.15) is 5.41 Å². The molecular formula is C22H26N2O2. The number of β-amino-alcohol motifs (C(OH)–C–C–N with tert-alkyl or cyclic N) is 1. The standard InChI is InChI=1S/C22H26N2O2/c23-17-22(19-7-3-1-4-8-19,20-9-5-2-6-10-20)12-14-24-13-11-18(16-25)21(26)15-24/h1-10,18,21,25-26H,11-16H2/t18-,21+/m1/s1. The summed E-state index contributed by atoms with van der Waals surface area (Å²) in [6, 6.07) is 22.5. The molecule has 1 saturated heterocycles. The predicted octanol–water partition coefficient (Wildman–Crippen LogP) is 2.56. The Bertz CT molecular complexity index is 687. The number of benzene rings is 2. The Morgan fingerprint density at radius 2 is 1.62 bits per heavy atom. The third kappa shape index (κ3) is 3.81. The maximum atomic E-state index is 10.2. The molecule has 1 aliphatic rings.